The molecule has 0 radical (unpaired) electrons. The lowest BCUT2D eigenvalue weighted by molar-refractivity contribution is 0.0600. The average Bonchev–Trinajstić information content (AvgIpc) is 2.35. The molecule has 0 aliphatic carbocycles. The zero-order valence-electron chi connectivity index (χ0n) is 12.0. The van der Waals surface area contributed by atoms with E-state index in [1.54, 1.807) is 27.0 Å². The molecule has 110 valence electrons. The topological polar surface area (TPSA) is 90.4 Å². The van der Waals surface area contributed by atoms with Gasteiger partial charge < -0.3 is 9.47 Å². The van der Waals surface area contributed by atoms with Gasteiger partial charge in [0.25, 0.3) is 0 Å². The monoisotopic (exact) mass is 299 g/mol. The van der Waals surface area contributed by atoms with Gasteiger partial charge >= 0.3 is 12.1 Å². The Morgan fingerprint density at radius 1 is 1.35 bits per heavy atom. The van der Waals surface area contributed by atoms with Crippen LogP contribution in [0.1, 0.15) is 31.1 Å². The fourth-order valence-corrected chi connectivity index (χ4v) is 1.56. The molecule has 0 saturated heterocycles. The zero-order chi connectivity index (χ0) is 15.3. The molecule has 0 aliphatic heterocycles. The number of amides is 1. The van der Waals surface area contributed by atoms with Crippen LogP contribution in [0.4, 0.5) is 10.6 Å². The molecule has 1 aromatic heterocycles. The van der Waals surface area contributed by atoms with Crippen molar-refractivity contribution in [2.45, 2.75) is 31.5 Å². The number of hydrogen-bond donors (Lipinski definition) is 1. The van der Waals surface area contributed by atoms with Crippen molar-refractivity contribution in [1.82, 2.24) is 9.97 Å². The van der Waals surface area contributed by atoms with E-state index in [4.69, 9.17) is 4.74 Å². The molecule has 1 rings (SSSR count). The molecule has 0 unspecified atom stereocenters. The lowest BCUT2D eigenvalue weighted by Crippen LogP contribution is -2.28. The number of thioether (sulfide) groups is 1. The Labute approximate surface area is 121 Å². The van der Waals surface area contributed by atoms with Crippen LogP contribution in [0.5, 0.6) is 0 Å². The van der Waals surface area contributed by atoms with Crippen LogP contribution < -0.4 is 5.32 Å². The molecule has 20 heavy (non-hydrogen) atoms. The van der Waals surface area contributed by atoms with E-state index in [1.165, 1.54) is 25.1 Å². The number of carbonyl (C=O) groups excluding carboxylic acids is 2. The molecular weight excluding hydrogens is 282 g/mol. The van der Waals surface area contributed by atoms with E-state index in [1.807, 2.05) is 0 Å². The molecule has 1 heterocycles. The van der Waals surface area contributed by atoms with Gasteiger partial charge in [-0.25, -0.2) is 19.6 Å². The van der Waals surface area contributed by atoms with Gasteiger partial charge in [0.15, 0.2) is 11.0 Å². The molecule has 0 aromatic carbocycles. The first-order valence-electron chi connectivity index (χ1n) is 5.76. The number of aromatic nitrogens is 2. The fourth-order valence-electron chi connectivity index (χ4n) is 1.22. The van der Waals surface area contributed by atoms with Gasteiger partial charge in [0.05, 0.1) is 7.11 Å². The van der Waals surface area contributed by atoms with Crippen molar-refractivity contribution >= 4 is 29.6 Å². The molecule has 1 N–H and O–H groups in total. The van der Waals surface area contributed by atoms with Gasteiger partial charge in [0, 0.05) is 6.20 Å². The van der Waals surface area contributed by atoms with E-state index in [0.29, 0.717) is 5.16 Å². The maximum Gasteiger partial charge on any atom is 0.413 e. The maximum absolute atomic E-state index is 11.7. The number of anilines is 1. The molecule has 0 atom stereocenters. The van der Waals surface area contributed by atoms with E-state index in [-0.39, 0.29) is 11.4 Å². The largest absolute Gasteiger partial charge is 0.465 e. The summed E-state index contributed by atoms with van der Waals surface area (Å²) in [6.07, 6.45) is 2.38. The van der Waals surface area contributed by atoms with Crippen molar-refractivity contribution in [3.05, 3.63) is 11.8 Å². The molecule has 0 saturated carbocycles. The highest BCUT2D eigenvalue weighted by Crippen LogP contribution is 2.18. The predicted molar refractivity (Wildman–Crippen MR) is 75.0 cm³/mol. The third-order valence-electron chi connectivity index (χ3n) is 1.97. The van der Waals surface area contributed by atoms with Crippen molar-refractivity contribution in [3.63, 3.8) is 0 Å². The number of esters is 1. The van der Waals surface area contributed by atoms with E-state index in [2.05, 4.69) is 20.0 Å². The lowest BCUT2D eigenvalue weighted by atomic mass is 10.2. The summed E-state index contributed by atoms with van der Waals surface area (Å²) in [5.41, 5.74) is -0.582. The number of hydrogen-bond acceptors (Lipinski definition) is 7. The minimum atomic E-state index is -0.701. The number of rotatable bonds is 3. The Hall–Kier alpha value is -1.83. The zero-order valence-corrected chi connectivity index (χ0v) is 12.8. The summed E-state index contributed by atoms with van der Waals surface area (Å²) in [4.78, 5) is 31.4. The van der Waals surface area contributed by atoms with Gasteiger partial charge in [-0.15, -0.1) is 0 Å². The smallest absolute Gasteiger partial charge is 0.413 e. The third kappa shape index (κ3) is 4.69. The van der Waals surface area contributed by atoms with Crippen LogP contribution in [-0.4, -0.2) is 41.0 Å². The summed E-state index contributed by atoms with van der Waals surface area (Å²) in [5, 5.41) is 2.85. The molecule has 0 aliphatic rings. The van der Waals surface area contributed by atoms with Crippen LogP contribution in [0, 0.1) is 0 Å². The number of nitrogens with zero attached hydrogens (tertiary/aromatic N) is 2. The maximum atomic E-state index is 11.7. The van der Waals surface area contributed by atoms with Gasteiger partial charge in [-0.05, 0) is 27.0 Å². The standard InChI is InChI=1S/C12H17N3O4S/c1-12(2,3)19-11(17)15-8-7(9(16)18-4)6-13-10(14-8)20-5/h6H,1-5H3,(H,13,14,15,17). The molecule has 7 nitrogen and oxygen atoms in total. The summed E-state index contributed by atoms with van der Waals surface area (Å²) in [5.74, 6) is -0.575. The van der Waals surface area contributed by atoms with Crippen LogP contribution in [0.2, 0.25) is 0 Å². The quantitative estimate of drug-likeness (QED) is 0.520. The number of nitrogens with one attached hydrogen (secondary N) is 1. The third-order valence-corrected chi connectivity index (χ3v) is 2.54. The molecular formula is C12H17N3O4S. The predicted octanol–water partition coefficient (Wildman–Crippen LogP) is 2.33. The summed E-state index contributed by atoms with van der Waals surface area (Å²) in [6, 6.07) is 0. The highest BCUT2D eigenvalue weighted by Gasteiger charge is 2.21. The second kappa shape index (κ2) is 6.56. The number of carbonyl (C=O) groups is 2. The van der Waals surface area contributed by atoms with Crippen molar-refractivity contribution in [3.8, 4) is 0 Å². The van der Waals surface area contributed by atoms with Crippen LogP contribution in [0.3, 0.4) is 0 Å². The van der Waals surface area contributed by atoms with Crippen molar-refractivity contribution in [2.75, 3.05) is 18.7 Å². The minimum absolute atomic E-state index is 0.0606. The average molecular weight is 299 g/mol. The van der Waals surface area contributed by atoms with Crippen molar-refractivity contribution in [1.29, 1.82) is 0 Å². The van der Waals surface area contributed by atoms with Crippen molar-refractivity contribution in [2.24, 2.45) is 0 Å². The first kappa shape index (κ1) is 16.2. The summed E-state index contributed by atoms with van der Waals surface area (Å²) in [7, 11) is 1.24. The van der Waals surface area contributed by atoms with Crippen LogP contribution in [-0.2, 0) is 9.47 Å². The molecule has 0 spiro atoms. The van der Waals surface area contributed by atoms with Gasteiger partial charge in [0.1, 0.15) is 11.2 Å². The normalized spacial score (nSPS) is 10.8. The second-order valence-electron chi connectivity index (χ2n) is 4.74. The Balaban J connectivity index is 3.01. The first-order valence-corrected chi connectivity index (χ1v) is 6.98. The van der Waals surface area contributed by atoms with Crippen LogP contribution in [0.15, 0.2) is 11.4 Å². The van der Waals surface area contributed by atoms with Gasteiger partial charge in [-0.1, -0.05) is 11.8 Å². The fraction of sp³-hybridized carbons (Fsp3) is 0.500. The first-order chi connectivity index (χ1) is 9.26. The Kier molecular flexibility index (Phi) is 5.32. The molecule has 1 amide bonds. The highest BCUT2D eigenvalue weighted by atomic mass is 32.2. The number of methoxy groups -OCH3 is 1. The molecule has 0 fully saturated rings. The Morgan fingerprint density at radius 3 is 2.50 bits per heavy atom. The molecule has 0 bridgehead atoms. The molecule has 1 aromatic rings. The highest BCUT2D eigenvalue weighted by molar-refractivity contribution is 7.98. The van der Waals surface area contributed by atoms with Crippen LogP contribution in [0.25, 0.3) is 0 Å². The summed E-state index contributed by atoms with van der Waals surface area (Å²) < 4.78 is 9.73. The Bertz CT molecular complexity index is 514. The van der Waals surface area contributed by atoms with E-state index in [0.717, 1.165) is 0 Å². The SMILES string of the molecule is COC(=O)c1cnc(SC)nc1NC(=O)OC(C)(C)C. The second-order valence-corrected chi connectivity index (χ2v) is 5.51. The van der Waals surface area contributed by atoms with Gasteiger partial charge in [0.2, 0.25) is 0 Å². The van der Waals surface area contributed by atoms with Crippen LogP contribution >= 0.6 is 11.8 Å². The van der Waals surface area contributed by atoms with Gasteiger partial charge in [-0.2, -0.15) is 0 Å². The lowest BCUT2D eigenvalue weighted by Gasteiger charge is -2.19. The van der Waals surface area contributed by atoms with Gasteiger partial charge in [-0.3, -0.25) is 5.32 Å². The summed E-state index contributed by atoms with van der Waals surface area (Å²) >= 11 is 1.28. The number of ether oxygens (including phenoxy) is 2. The Morgan fingerprint density at radius 2 is 2.00 bits per heavy atom. The van der Waals surface area contributed by atoms with E-state index >= 15 is 0 Å². The van der Waals surface area contributed by atoms with Crippen molar-refractivity contribution < 1.29 is 19.1 Å². The van der Waals surface area contributed by atoms with E-state index < -0.39 is 17.7 Å². The summed E-state index contributed by atoms with van der Waals surface area (Å²) in [6.45, 7) is 5.21. The molecule has 8 heteroatoms. The van der Waals surface area contributed by atoms with E-state index in [9.17, 15) is 9.59 Å². The minimum Gasteiger partial charge on any atom is -0.465 e.